The topological polar surface area (TPSA) is 41.8 Å². The van der Waals surface area contributed by atoms with Crippen LogP contribution in [0.4, 0.5) is 0 Å². The summed E-state index contributed by atoms with van der Waals surface area (Å²) in [4.78, 5) is 25.5. The maximum Gasteiger partial charge on any atom is 0.333 e. The van der Waals surface area contributed by atoms with E-state index in [1.54, 1.807) is 7.05 Å². The number of likely N-dealkylation sites (N-methyl/N-ethyl adjacent to an activating group) is 1. The van der Waals surface area contributed by atoms with Gasteiger partial charge in [0, 0.05) is 11.8 Å². The molecular weight excluding hydrogens is 252 g/mol. The van der Waals surface area contributed by atoms with E-state index in [0.717, 1.165) is 4.42 Å². The summed E-state index contributed by atoms with van der Waals surface area (Å²) in [7, 11) is 1.73. The third kappa shape index (κ3) is 1.72. The summed E-state index contributed by atoms with van der Waals surface area (Å²) in [6.07, 6.45) is 0.412. The van der Waals surface area contributed by atoms with Crippen molar-refractivity contribution in [3.63, 3.8) is 0 Å². The van der Waals surface area contributed by atoms with Crippen molar-refractivity contribution in [1.82, 2.24) is 4.42 Å². The molecule has 0 bridgehead atoms. The molecule has 1 saturated heterocycles. The summed E-state index contributed by atoms with van der Waals surface area (Å²) in [5, 5.41) is 0. The molecule has 2 rings (SSSR count). The van der Waals surface area contributed by atoms with Crippen LogP contribution in [-0.4, -0.2) is 29.9 Å². The van der Waals surface area contributed by atoms with Crippen LogP contribution >= 0.6 is 11.8 Å². The SMILES string of the molecule is CCC1(c2ccccc2)C(=O)N(Cl)C[NH+](C)C1=O. The molecule has 0 spiro atoms. The first-order valence-corrected chi connectivity index (χ1v) is 6.28. The molecule has 2 atom stereocenters. The van der Waals surface area contributed by atoms with Gasteiger partial charge in [0.25, 0.3) is 5.91 Å². The van der Waals surface area contributed by atoms with Crippen LogP contribution in [0.25, 0.3) is 0 Å². The van der Waals surface area contributed by atoms with Gasteiger partial charge in [0.1, 0.15) is 0 Å². The number of amides is 2. The first-order valence-electron chi connectivity index (χ1n) is 5.94. The zero-order valence-electron chi connectivity index (χ0n) is 10.4. The zero-order valence-corrected chi connectivity index (χ0v) is 11.2. The van der Waals surface area contributed by atoms with E-state index in [1.165, 1.54) is 0 Å². The second-order valence-corrected chi connectivity index (χ2v) is 4.97. The lowest BCUT2D eigenvalue weighted by Gasteiger charge is -2.37. The Morgan fingerprint density at radius 1 is 1.33 bits per heavy atom. The van der Waals surface area contributed by atoms with Crippen molar-refractivity contribution in [2.75, 3.05) is 13.7 Å². The predicted molar refractivity (Wildman–Crippen MR) is 67.9 cm³/mol. The predicted octanol–water partition coefficient (Wildman–Crippen LogP) is 0.329. The number of hydrogen-bond donors (Lipinski definition) is 1. The summed E-state index contributed by atoms with van der Waals surface area (Å²) in [5.41, 5.74) is -0.432. The molecular formula is C13H16ClN2O2+. The van der Waals surface area contributed by atoms with Gasteiger partial charge in [0.15, 0.2) is 12.1 Å². The van der Waals surface area contributed by atoms with Gasteiger partial charge in [-0.2, -0.15) is 0 Å². The lowest BCUT2D eigenvalue weighted by molar-refractivity contribution is -0.811. The minimum absolute atomic E-state index is 0.113. The first kappa shape index (κ1) is 13.1. The Balaban J connectivity index is 2.59. The van der Waals surface area contributed by atoms with E-state index in [4.69, 9.17) is 11.8 Å². The molecule has 1 N–H and O–H groups in total. The molecule has 1 aliphatic rings. The fourth-order valence-electron chi connectivity index (χ4n) is 2.51. The van der Waals surface area contributed by atoms with E-state index < -0.39 is 5.41 Å². The molecule has 4 nitrogen and oxygen atoms in total. The standard InChI is InChI=1S/C13H15ClN2O2/c1-3-13(10-7-5-4-6-8-10)11(17)15(2)9-16(14)12(13)18/h4-8H,3,9H2,1-2H3/p+1. The van der Waals surface area contributed by atoms with Gasteiger partial charge in [-0.05, 0) is 12.0 Å². The number of hydrogen-bond acceptors (Lipinski definition) is 2. The molecule has 1 fully saturated rings. The molecule has 2 unspecified atom stereocenters. The van der Waals surface area contributed by atoms with Gasteiger partial charge in [-0.3, -0.25) is 9.69 Å². The van der Waals surface area contributed by atoms with Crippen LogP contribution in [0.15, 0.2) is 30.3 Å². The fraction of sp³-hybridized carbons (Fsp3) is 0.385. The van der Waals surface area contributed by atoms with Crippen LogP contribution in [0.5, 0.6) is 0 Å². The molecule has 1 aromatic rings. The smallest absolute Gasteiger partial charge is 0.272 e. The number of quaternary nitrogens is 1. The van der Waals surface area contributed by atoms with E-state index in [9.17, 15) is 9.59 Å². The van der Waals surface area contributed by atoms with Crippen molar-refractivity contribution in [2.45, 2.75) is 18.8 Å². The van der Waals surface area contributed by atoms with Gasteiger partial charge in [-0.1, -0.05) is 37.3 Å². The van der Waals surface area contributed by atoms with Crippen molar-refractivity contribution >= 4 is 23.6 Å². The number of carbonyl (C=O) groups is 2. The molecule has 5 heteroatoms. The van der Waals surface area contributed by atoms with Crippen molar-refractivity contribution < 1.29 is 14.5 Å². The fourth-order valence-corrected chi connectivity index (χ4v) is 2.84. The number of halogens is 1. The van der Waals surface area contributed by atoms with Crippen LogP contribution in [0.3, 0.4) is 0 Å². The number of carbonyl (C=O) groups excluding carboxylic acids is 2. The van der Waals surface area contributed by atoms with Gasteiger partial charge in [0.05, 0.1) is 7.05 Å². The summed E-state index contributed by atoms with van der Waals surface area (Å²) in [6, 6.07) is 9.14. The zero-order chi connectivity index (χ0) is 13.3. The summed E-state index contributed by atoms with van der Waals surface area (Å²) >= 11 is 5.95. The monoisotopic (exact) mass is 267 g/mol. The molecule has 0 aliphatic carbocycles. The normalized spacial score (nSPS) is 28.6. The summed E-state index contributed by atoms with van der Waals surface area (Å²) in [6.45, 7) is 2.04. The third-order valence-corrected chi connectivity index (χ3v) is 3.81. The Labute approximate surface area is 111 Å². The number of benzene rings is 1. The summed E-state index contributed by atoms with van der Waals surface area (Å²) in [5.74, 6) is -0.438. The maximum absolute atomic E-state index is 12.5. The highest BCUT2D eigenvalue weighted by Crippen LogP contribution is 2.32. The van der Waals surface area contributed by atoms with Crippen LogP contribution in [-0.2, 0) is 15.0 Å². The van der Waals surface area contributed by atoms with Gasteiger partial charge in [0.2, 0.25) is 0 Å². The van der Waals surface area contributed by atoms with Gasteiger partial charge < -0.3 is 0 Å². The molecule has 1 aliphatic heterocycles. The number of nitrogens with zero attached hydrogens (tertiary/aromatic N) is 1. The van der Waals surface area contributed by atoms with Gasteiger partial charge in [-0.25, -0.2) is 9.21 Å². The Bertz CT molecular complexity index is 455. The quantitative estimate of drug-likeness (QED) is 0.620. The van der Waals surface area contributed by atoms with E-state index in [0.29, 0.717) is 16.9 Å². The minimum atomic E-state index is -1.15. The molecule has 1 heterocycles. The molecule has 2 amide bonds. The second-order valence-electron chi connectivity index (χ2n) is 4.56. The molecule has 18 heavy (non-hydrogen) atoms. The van der Waals surface area contributed by atoms with Gasteiger partial charge in [-0.15, -0.1) is 0 Å². The largest absolute Gasteiger partial charge is 0.333 e. The van der Waals surface area contributed by atoms with Crippen LogP contribution in [0.2, 0.25) is 0 Å². The Hall–Kier alpha value is -1.39. The Morgan fingerprint density at radius 2 is 1.94 bits per heavy atom. The van der Waals surface area contributed by atoms with Crippen molar-refractivity contribution in [1.29, 1.82) is 0 Å². The molecule has 1 aromatic carbocycles. The van der Waals surface area contributed by atoms with Crippen molar-refractivity contribution in [2.24, 2.45) is 0 Å². The maximum atomic E-state index is 12.5. The molecule has 0 aromatic heterocycles. The van der Waals surface area contributed by atoms with E-state index in [2.05, 4.69) is 0 Å². The number of rotatable bonds is 2. The number of nitrogens with one attached hydrogen (secondary N) is 1. The third-order valence-electron chi connectivity index (χ3n) is 3.53. The highest BCUT2D eigenvalue weighted by atomic mass is 35.5. The van der Waals surface area contributed by atoms with Crippen LogP contribution in [0, 0.1) is 0 Å². The first-order chi connectivity index (χ1) is 8.54. The van der Waals surface area contributed by atoms with Gasteiger partial charge >= 0.3 is 5.91 Å². The van der Waals surface area contributed by atoms with E-state index in [1.807, 2.05) is 37.3 Å². The Morgan fingerprint density at radius 3 is 2.50 bits per heavy atom. The highest BCUT2D eigenvalue weighted by Gasteiger charge is 2.56. The van der Waals surface area contributed by atoms with Crippen molar-refractivity contribution in [3.05, 3.63) is 35.9 Å². The van der Waals surface area contributed by atoms with E-state index in [-0.39, 0.29) is 18.5 Å². The second kappa shape index (κ2) is 4.71. The average Bonchev–Trinajstić information content (AvgIpc) is 2.39. The molecule has 96 valence electrons. The summed E-state index contributed by atoms with van der Waals surface area (Å²) < 4.78 is 1.12. The van der Waals surface area contributed by atoms with Crippen LogP contribution in [0.1, 0.15) is 18.9 Å². The molecule has 0 saturated carbocycles. The lowest BCUT2D eigenvalue weighted by atomic mass is 9.75. The van der Waals surface area contributed by atoms with Crippen LogP contribution < -0.4 is 4.90 Å². The molecule has 0 radical (unpaired) electrons. The lowest BCUT2D eigenvalue weighted by Crippen LogP contribution is -3.17. The minimum Gasteiger partial charge on any atom is -0.272 e. The highest BCUT2D eigenvalue weighted by molar-refractivity contribution is 6.26. The van der Waals surface area contributed by atoms with E-state index >= 15 is 0 Å². The van der Waals surface area contributed by atoms with Crippen molar-refractivity contribution in [3.8, 4) is 0 Å². The average molecular weight is 268 g/mol. The Kier molecular flexibility index (Phi) is 3.41.